The summed E-state index contributed by atoms with van der Waals surface area (Å²) in [6.45, 7) is 1.97. The second-order valence-electron chi connectivity index (χ2n) is 5.30. The number of rotatable bonds is 3. The Kier molecular flexibility index (Phi) is 4.44. The van der Waals surface area contributed by atoms with Crippen molar-refractivity contribution >= 4 is 29.1 Å². The molecule has 0 atom stereocenters. The largest absolute Gasteiger partial charge is 0.383 e. The molecule has 0 aliphatic rings. The molecule has 5 nitrogen and oxygen atoms in total. The van der Waals surface area contributed by atoms with E-state index in [0.717, 1.165) is 11.1 Å². The number of anilines is 2. The zero-order valence-electron chi connectivity index (χ0n) is 13.0. The third-order valence-electron chi connectivity index (χ3n) is 3.54. The first kappa shape index (κ1) is 16.0. The van der Waals surface area contributed by atoms with Gasteiger partial charge in [0, 0.05) is 29.1 Å². The molecule has 3 N–H and O–H groups in total. The highest BCUT2D eigenvalue weighted by atomic mass is 35.5. The van der Waals surface area contributed by atoms with E-state index in [1.54, 1.807) is 42.7 Å². The molecule has 0 unspecified atom stereocenters. The van der Waals surface area contributed by atoms with Crippen LogP contribution in [0.4, 0.5) is 11.6 Å². The Morgan fingerprint density at radius 3 is 2.50 bits per heavy atom. The number of pyridine rings is 2. The summed E-state index contributed by atoms with van der Waals surface area (Å²) >= 11 is 6.13. The van der Waals surface area contributed by atoms with Gasteiger partial charge in [-0.3, -0.25) is 9.78 Å². The molecule has 0 saturated carbocycles. The van der Waals surface area contributed by atoms with Crippen LogP contribution in [-0.2, 0) is 0 Å². The summed E-state index contributed by atoms with van der Waals surface area (Å²) < 4.78 is 0. The van der Waals surface area contributed by atoms with Crippen LogP contribution in [0.25, 0.3) is 11.1 Å². The fourth-order valence-electron chi connectivity index (χ4n) is 2.26. The maximum absolute atomic E-state index is 12.2. The molecule has 0 spiro atoms. The summed E-state index contributed by atoms with van der Waals surface area (Å²) in [7, 11) is 0. The van der Waals surface area contributed by atoms with Gasteiger partial charge in [0.05, 0.1) is 5.02 Å². The number of nitrogens with one attached hydrogen (secondary N) is 1. The molecule has 6 heteroatoms. The van der Waals surface area contributed by atoms with E-state index in [-0.39, 0.29) is 11.7 Å². The van der Waals surface area contributed by atoms with Crippen molar-refractivity contribution in [3.05, 3.63) is 71.0 Å². The van der Waals surface area contributed by atoms with Gasteiger partial charge in [0.15, 0.2) is 0 Å². The number of carbonyl (C=O) groups excluding carboxylic acids is 1. The maximum Gasteiger partial charge on any atom is 0.256 e. The molecule has 2 heterocycles. The lowest BCUT2D eigenvalue weighted by Crippen LogP contribution is -2.13. The van der Waals surface area contributed by atoms with E-state index in [0.29, 0.717) is 22.0 Å². The second kappa shape index (κ2) is 6.68. The van der Waals surface area contributed by atoms with Crippen LogP contribution < -0.4 is 11.1 Å². The van der Waals surface area contributed by atoms with Gasteiger partial charge in [-0.1, -0.05) is 29.3 Å². The molecule has 120 valence electrons. The van der Waals surface area contributed by atoms with Crippen molar-refractivity contribution in [1.29, 1.82) is 0 Å². The number of nitrogens with two attached hydrogens (primary N) is 1. The van der Waals surface area contributed by atoms with Crippen molar-refractivity contribution in [2.45, 2.75) is 6.92 Å². The molecule has 2 aromatic heterocycles. The predicted molar refractivity (Wildman–Crippen MR) is 96.0 cm³/mol. The molecule has 3 aromatic rings. The number of nitrogens with zero attached hydrogens (tertiary/aromatic N) is 2. The number of hydrogen-bond donors (Lipinski definition) is 2. The van der Waals surface area contributed by atoms with Crippen LogP contribution in [-0.4, -0.2) is 15.9 Å². The van der Waals surface area contributed by atoms with Gasteiger partial charge in [-0.05, 0) is 37.3 Å². The number of benzene rings is 1. The quantitative estimate of drug-likeness (QED) is 0.758. The zero-order chi connectivity index (χ0) is 17.1. The third-order valence-corrected chi connectivity index (χ3v) is 3.84. The van der Waals surface area contributed by atoms with E-state index >= 15 is 0 Å². The summed E-state index contributed by atoms with van der Waals surface area (Å²) in [5, 5.41) is 3.22. The number of nitrogen functional groups attached to an aromatic ring is 1. The van der Waals surface area contributed by atoms with Crippen LogP contribution in [0.5, 0.6) is 0 Å². The lowest BCUT2D eigenvalue weighted by molar-refractivity contribution is 0.102. The Morgan fingerprint density at radius 1 is 1.08 bits per heavy atom. The SMILES string of the molecule is Cc1ccc(C(=O)Nc2ccc(-c3ccncc3Cl)c(N)n2)cc1. The van der Waals surface area contributed by atoms with Crippen LogP contribution in [0.1, 0.15) is 15.9 Å². The van der Waals surface area contributed by atoms with Crippen molar-refractivity contribution in [1.82, 2.24) is 9.97 Å². The first-order valence-electron chi connectivity index (χ1n) is 7.29. The molecule has 0 saturated heterocycles. The van der Waals surface area contributed by atoms with E-state index < -0.39 is 0 Å². The lowest BCUT2D eigenvalue weighted by Gasteiger charge is -2.10. The average Bonchev–Trinajstić information content (AvgIpc) is 2.56. The molecule has 1 amide bonds. The number of amides is 1. The number of aromatic nitrogens is 2. The lowest BCUT2D eigenvalue weighted by atomic mass is 10.1. The zero-order valence-corrected chi connectivity index (χ0v) is 13.7. The molecule has 3 rings (SSSR count). The minimum absolute atomic E-state index is 0.239. The van der Waals surface area contributed by atoms with Gasteiger partial charge in [0.25, 0.3) is 5.91 Å². The van der Waals surface area contributed by atoms with E-state index in [2.05, 4.69) is 15.3 Å². The van der Waals surface area contributed by atoms with Crippen LogP contribution in [0, 0.1) is 6.92 Å². The third kappa shape index (κ3) is 3.36. The average molecular weight is 339 g/mol. The fourth-order valence-corrected chi connectivity index (χ4v) is 2.48. The Morgan fingerprint density at radius 2 is 1.83 bits per heavy atom. The molecular weight excluding hydrogens is 324 g/mol. The van der Waals surface area contributed by atoms with E-state index in [1.807, 2.05) is 19.1 Å². The highest BCUT2D eigenvalue weighted by Crippen LogP contribution is 2.31. The van der Waals surface area contributed by atoms with Crippen LogP contribution in [0.2, 0.25) is 5.02 Å². The molecule has 0 aliphatic heterocycles. The number of halogens is 1. The first-order valence-corrected chi connectivity index (χ1v) is 7.67. The van der Waals surface area contributed by atoms with E-state index in [1.165, 1.54) is 0 Å². The molecule has 1 aromatic carbocycles. The summed E-state index contributed by atoms with van der Waals surface area (Å²) in [5.41, 5.74) is 9.10. The van der Waals surface area contributed by atoms with Crippen molar-refractivity contribution in [2.24, 2.45) is 0 Å². The van der Waals surface area contributed by atoms with Crippen LogP contribution in [0.15, 0.2) is 54.9 Å². The number of carbonyl (C=O) groups is 1. The van der Waals surface area contributed by atoms with Crippen LogP contribution in [0.3, 0.4) is 0 Å². The Bertz CT molecular complexity index is 894. The highest BCUT2D eigenvalue weighted by Gasteiger charge is 2.11. The van der Waals surface area contributed by atoms with Crippen molar-refractivity contribution in [3.63, 3.8) is 0 Å². The predicted octanol–water partition coefficient (Wildman–Crippen LogP) is 3.94. The summed E-state index contributed by atoms with van der Waals surface area (Å²) in [6.07, 6.45) is 3.18. The Labute approximate surface area is 144 Å². The summed E-state index contributed by atoms with van der Waals surface area (Å²) in [4.78, 5) is 20.4. The number of aryl methyl sites for hydroxylation is 1. The highest BCUT2D eigenvalue weighted by molar-refractivity contribution is 6.33. The second-order valence-corrected chi connectivity index (χ2v) is 5.71. The standard InChI is InChI=1S/C18H15ClN4O/c1-11-2-4-12(5-3-11)18(24)23-16-7-6-14(17(20)22-16)13-8-9-21-10-15(13)19/h2-10H,1H3,(H3,20,22,23,24). The minimum atomic E-state index is -0.239. The van der Waals surface area contributed by atoms with Gasteiger partial charge in [0.1, 0.15) is 11.6 Å². The van der Waals surface area contributed by atoms with Crippen molar-refractivity contribution in [2.75, 3.05) is 11.1 Å². The summed E-state index contributed by atoms with van der Waals surface area (Å²) in [6, 6.07) is 12.5. The molecular formula is C18H15ClN4O. The van der Waals surface area contributed by atoms with Gasteiger partial charge in [0.2, 0.25) is 0 Å². The molecule has 0 radical (unpaired) electrons. The van der Waals surface area contributed by atoms with Gasteiger partial charge in [-0.15, -0.1) is 0 Å². The fraction of sp³-hybridized carbons (Fsp3) is 0.0556. The summed E-state index contributed by atoms with van der Waals surface area (Å²) in [5.74, 6) is 0.424. The first-order chi connectivity index (χ1) is 11.5. The van der Waals surface area contributed by atoms with Crippen LogP contribution >= 0.6 is 11.6 Å². The van der Waals surface area contributed by atoms with Crippen molar-refractivity contribution in [3.8, 4) is 11.1 Å². The Balaban J connectivity index is 1.84. The topological polar surface area (TPSA) is 80.9 Å². The molecule has 24 heavy (non-hydrogen) atoms. The smallest absolute Gasteiger partial charge is 0.256 e. The van der Waals surface area contributed by atoms with E-state index in [4.69, 9.17) is 17.3 Å². The minimum Gasteiger partial charge on any atom is -0.383 e. The van der Waals surface area contributed by atoms with Crippen molar-refractivity contribution < 1.29 is 4.79 Å². The molecule has 0 fully saturated rings. The van der Waals surface area contributed by atoms with Gasteiger partial charge in [-0.2, -0.15) is 0 Å². The molecule has 0 aliphatic carbocycles. The molecule has 0 bridgehead atoms. The van der Waals surface area contributed by atoms with E-state index in [9.17, 15) is 4.79 Å². The maximum atomic E-state index is 12.2. The van der Waals surface area contributed by atoms with Gasteiger partial charge < -0.3 is 11.1 Å². The Hall–Kier alpha value is -2.92. The number of hydrogen-bond acceptors (Lipinski definition) is 4. The van der Waals surface area contributed by atoms with Gasteiger partial charge in [-0.25, -0.2) is 4.98 Å². The van der Waals surface area contributed by atoms with Gasteiger partial charge >= 0.3 is 0 Å². The monoisotopic (exact) mass is 338 g/mol. The normalized spacial score (nSPS) is 10.4.